The van der Waals surface area contributed by atoms with Crippen molar-refractivity contribution in [3.8, 4) is 0 Å². The molecule has 1 unspecified atom stereocenters. The van der Waals surface area contributed by atoms with Gasteiger partial charge in [-0.3, -0.25) is 4.90 Å². The Morgan fingerprint density at radius 3 is 2.25 bits per heavy atom. The van der Waals surface area contributed by atoms with Crippen molar-refractivity contribution in [1.82, 2.24) is 4.90 Å². The monoisotopic (exact) mass is 220 g/mol. The van der Waals surface area contributed by atoms with Crippen LogP contribution in [0.25, 0.3) is 0 Å². The summed E-state index contributed by atoms with van der Waals surface area (Å²) >= 11 is 0. The van der Waals surface area contributed by atoms with Gasteiger partial charge in [0.2, 0.25) is 0 Å². The van der Waals surface area contributed by atoms with E-state index < -0.39 is 0 Å². The van der Waals surface area contributed by atoms with Gasteiger partial charge in [0.25, 0.3) is 0 Å². The Hall–Kier alpha value is -0.860. The molecule has 16 heavy (non-hydrogen) atoms. The first-order chi connectivity index (χ1) is 7.69. The average Bonchev–Trinajstić information content (AvgIpc) is 2.29. The van der Waals surface area contributed by atoms with Crippen molar-refractivity contribution < 1.29 is 0 Å². The van der Waals surface area contributed by atoms with Gasteiger partial charge in [-0.05, 0) is 32.4 Å². The Kier molecular flexibility index (Phi) is 5.50. The van der Waals surface area contributed by atoms with Crippen LogP contribution in [0, 0.1) is 0 Å². The molecule has 1 aromatic carbocycles. The second kappa shape index (κ2) is 6.66. The third-order valence-electron chi connectivity index (χ3n) is 3.08. The Balaban J connectivity index is 2.68. The maximum Gasteiger partial charge on any atom is 0.0261 e. The predicted molar refractivity (Wildman–Crippen MR) is 70.5 cm³/mol. The van der Waals surface area contributed by atoms with Gasteiger partial charge in [0, 0.05) is 18.6 Å². The molecular formula is C14H24N2. The first kappa shape index (κ1) is 13.2. The van der Waals surface area contributed by atoms with E-state index in [-0.39, 0.29) is 0 Å². The fraction of sp³-hybridized carbons (Fsp3) is 0.571. The Morgan fingerprint density at radius 2 is 1.81 bits per heavy atom. The summed E-state index contributed by atoms with van der Waals surface area (Å²) < 4.78 is 0. The van der Waals surface area contributed by atoms with Gasteiger partial charge in [-0.15, -0.1) is 0 Å². The van der Waals surface area contributed by atoms with Crippen LogP contribution in [-0.2, 0) is 6.42 Å². The number of hydrogen-bond acceptors (Lipinski definition) is 2. The van der Waals surface area contributed by atoms with E-state index in [9.17, 15) is 0 Å². The Labute approximate surface area is 99.5 Å². The van der Waals surface area contributed by atoms with E-state index in [4.69, 9.17) is 5.73 Å². The van der Waals surface area contributed by atoms with Crippen LogP contribution in [-0.4, -0.2) is 30.1 Å². The molecule has 0 aliphatic heterocycles. The van der Waals surface area contributed by atoms with Crippen molar-refractivity contribution in [2.45, 2.75) is 39.3 Å². The smallest absolute Gasteiger partial charge is 0.0261 e. The van der Waals surface area contributed by atoms with Gasteiger partial charge in [0.15, 0.2) is 0 Å². The van der Waals surface area contributed by atoms with Crippen LogP contribution < -0.4 is 5.73 Å². The highest BCUT2D eigenvalue weighted by atomic mass is 15.2. The summed E-state index contributed by atoms with van der Waals surface area (Å²) in [6.07, 6.45) is 1.04. The van der Waals surface area contributed by atoms with Gasteiger partial charge in [-0.2, -0.15) is 0 Å². The molecule has 0 amide bonds. The summed E-state index contributed by atoms with van der Waals surface area (Å²) in [7, 11) is 0. The maximum absolute atomic E-state index is 5.89. The van der Waals surface area contributed by atoms with Crippen molar-refractivity contribution in [2.75, 3.05) is 13.1 Å². The molecule has 0 heterocycles. The van der Waals surface area contributed by atoms with Crippen molar-refractivity contribution in [1.29, 1.82) is 0 Å². The minimum Gasteiger partial charge on any atom is -0.329 e. The molecule has 1 aromatic rings. The van der Waals surface area contributed by atoms with Crippen LogP contribution in [0.2, 0.25) is 0 Å². The summed E-state index contributed by atoms with van der Waals surface area (Å²) in [6.45, 7) is 8.45. The van der Waals surface area contributed by atoms with Gasteiger partial charge in [0.05, 0.1) is 0 Å². The summed E-state index contributed by atoms with van der Waals surface area (Å²) in [5.41, 5.74) is 7.27. The zero-order valence-corrected chi connectivity index (χ0v) is 10.7. The lowest BCUT2D eigenvalue weighted by molar-refractivity contribution is 0.165. The maximum atomic E-state index is 5.89. The molecule has 0 aliphatic rings. The van der Waals surface area contributed by atoms with E-state index in [0.717, 1.165) is 19.5 Å². The number of nitrogens with two attached hydrogens (primary N) is 1. The highest BCUT2D eigenvalue weighted by molar-refractivity contribution is 5.16. The molecule has 1 rings (SSSR count). The molecule has 0 bridgehead atoms. The lowest BCUT2D eigenvalue weighted by Gasteiger charge is -2.33. The number of rotatable bonds is 6. The zero-order chi connectivity index (χ0) is 12.0. The van der Waals surface area contributed by atoms with Crippen LogP contribution in [0.4, 0.5) is 0 Å². The molecule has 0 spiro atoms. The third-order valence-corrected chi connectivity index (χ3v) is 3.08. The topological polar surface area (TPSA) is 29.3 Å². The average molecular weight is 220 g/mol. The number of benzene rings is 1. The molecule has 0 aliphatic carbocycles. The predicted octanol–water partition coefficient (Wildman–Crippen LogP) is 2.29. The van der Waals surface area contributed by atoms with E-state index in [0.29, 0.717) is 12.1 Å². The fourth-order valence-electron chi connectivity index (χ4n) is 2.27. The van der Waals surface area contributed by atoms with Gasteiger partial charge >= 0.3 is 0 Å². The molecule has 0 saturated carbocycles. The lowest BCUT2D eigenvalue weighted by atomic mass is 10.0. The number of hydrogen-bond donors (Lipinski definition) is 1. The van der Waals surface area contributed by atoms with E-state index in [1.54, 1.807) is 0 Å². The van der Waals surface area contributed by atoms with Crippen molar-refractivity contribution in [2.24, 2.45) is 5.73 Å². The van der Waals surface area contributed by atoms with Crippen LogP contribution in [0.5, 0.6) is 0 Å². The molecule has 1 atom stereocenters. The lowest BCUT2D eigenvalue weighted by Crippen LogP contribution is -2.45. The highest BCUT2D eigenvalue weighted by Gasteiger charge is 2.18. The SMILES string of the molecule is CCN(C(C)C)C(CN)Cc1ccccc1. The van der Waals surface area contributed by atoms with Gasteiger partial charge < -0.3 is 5.73 Å². The third kappa shape index (κ3) is 3.62. The standard InChI is InChI=1S/C14H24N2/c1-4-16(12(2)3)14(11-15)10-13-8-6-5-7-9-13/h5-9,12,14H,4,10-11,15H2,1-3H3. The van der Waals surface area contributed by atoms with Gasteiger partial charge in [0.1, 0.15) is 0 Å². The molecule has 0 fully saturated rings. The minimum atomic E-state index is 0.451. The van der Waals surface area contributed by atoms with Gasteiger partial charge in [-0.1, -0.05) is 37.3 Å². The van der Waals surface area contributed by atoms with E-state index in [1.807, 2.05) is 0 Å². The molecular weight excluding hydrogens is 196 g/mol. The van der Waals surface area contributed by atoms with E-state index in [1.165, 1.54) is 5.56 Å². The molecule has 0 saturated heterocycles. The zero-order valence-electron chi connectivity index (χ0n) is 10.7. The van der Waals surface area contributed by atoms with Crippen LogP contribution in [0.1, 0.15) is 26.3 Å². The molecule has 90 valence electrons. The first-order valence-corrected chi connectivity index (χ1v) is 6.18. The highest BCUT2D eigenvalue weighted by Crippen LogP contribution is 2.11. The second-order valence-electron chi connectivity index (χ2n) is 4.50. The van der Waals surface area contributed by atoms with Crippen LogP contribution in [0.3, 0.4) is 0 Å². The molecule has 0 radical (unpaired) electrons. The summed E-state index contributed by atoms with van der Waals surface area (Å²) in [5, 5.41) is 0. The summed E-state index contributed by atoms with van der Waals surface area (Å²) in [5.74, 6) is 0. The Morgan fingerprint density at radius 1 is 1.19 bits per heavy atom. The first-order valence-electron chi connectivity index (χ1n) is 6.18. The van der Waals surface area contributed by atoms with Crippen molar-refractivity contribution >= 4 is 0 Å². The number of likely N-dealkylation sites (N-methyl/N-ethyl adjacent to an activating group) is 1. The largest absolute Gasteiger partial charge is 0.329 e. The summed E-state index contributed by atoms with van der Waals surface area (Å²) in [4.78, 5) is 2.47. The van der Waals surface area contributed by atoms with E-state index >= 15 is 0 Å². The van der Waals surface area contributed by atoms with Crippen molar-refractivity contribution in [3.05, 3.63) is 35.9 Å². The van der Waals surface area contributed by atoms with Crippen LogP contribution >= 0.6 is 0 Å². The van der Waals surface area contributed by atoms with Crippen molar-refractivity contribution in [3.63, 3.8) is 0 Å². The molecule has 2 N–H and O–H groups in total. The molecule has 2 heteroatoms. The molecule has 0 aromatic heterocycles. The quantitative estimate of drug-likeness (QED) is 0.797. The fourth-order valence-corrected chi connectivity index (χ4v) is 2.27. The van der Waals surface area contributed by atoms with Gasteiger partial charge in [-0.25, -0.2) is 0 Å². The minimum absolute atomic E-state index is 0.451. The second-order valence-corrected chi connectivity index (χ2v) is 4.50. The Bertz CT molecular complexity index is 282. The molecule has 2 nitrogen and oxygen atoms in total. The summed E-state index contributed by atoms with van der Waals surface area (Å²) in [6, 6.07) is 11.6. The number of nitrogens with zero attached hydrogens (tertiary/aromatic N) is 1. The van der Waals surface area contributed by atoms with E-state index in [2.05, 4.69) is 56.0 Å². The van der Waals surface area contributed by atoms with Crippen LogP contribution in [0.15, 0.2) is 30.3 Å². The normalized spacial score (nSPS) is 13.4.